The molecule has 0 saturated carbocycles. The van der Waals surface area contributed by atoms with Crippen LogP contribution in [-0.2, 0) is 23.7 Å². The minimum absolute atomic E-state index is 0.128. The lowest BCUT2D eigenvalue weighted by molar-refractivity contribution is -0.147. The van der Waals surface area contributed by atoms with Crippen LogP contribution in [0.25, 0.3) is 0 Å². The van der Waals surface area contributed by atoms with E-state index in [2.05, 4.69) is 0 Å². The first-order valence-corrected chi connectivity index (χ1v) is 8.82. The minimum Gasteiger partial charge on any atom is -0.376 e. The first-order valence-electron chi connectivity index (χ1n) is 8.82. The highest BCUT2D eigenvalue weighted by Gasteiger charge is 2.20. The summed E-state index contributed by atoms with van der Waals surface area (Å²) in [6.07, 6.45) is 0.400. The lowest BCUT2D eigenvalue weighted by atomic mass is 10.3. The SMILES string of the molecule is CC(C)OCC(COC(C)C)OC(COC(C)C)COC(C)C. The van der Waals surface area contributed by atoms with Gasteiger partial charge in [0.1, 0.15) is 12.2 Å². The second-order valence-corrected chi connectivity index (χ2v) is 6.91. The van der Waals surface area contributed by atoms with Crippen molar-refractivity contribution in [2.45, 2.75) is 92.0 Å². The Balaban J connectivity index is 4.56. The highest BCUT2D eigenvalue weighted by Crippen LogP contribution is 2.08. The van der Waals surface area contributed by atoms with Crippen LogP contribution in [-0.4, -0.2) is 63.1 Å². The predicted molar refractivity (Wildman–Crippen MR) is 93.0 cm³/mol. The van der Waals surface area contributed by atoms with E-state index >= 15 is 0 Å². The van der Waals surface area contributed by atoms with Gasteiger partial charge in [0.05, 0.1) is 50.8 Å². The molecule has 0 aliphatic rings. The van der Waals surface area contributed by atoms with Gasteiger partial charge in [0.25, 0.3) is 0 Å². The molecule has 0 heterocycles. The van der Waals surface area contributed by atoms with Crippen LogP contribution < -0.4 is 0 Å². The molecule has 0 unspecified atom stereocenters. The third kappa shape index (κ3) is 15.1. The number of ether oxygens (including phenoxy) is 5. The molecule has 0 spiro atoms. The first kappa shape index (κ1) is 22.8. The molecule has 0 bridgehead atoms. The van der Waals surface area contributed by atoms with E-state index < -0.39 is 0 Å². The maximum absolute atomic E-state index is 6.15. The molecule has 0 fully saturated rings. The summed E-state index contributed by atoms with van der Waals surface area (Å²) < 4.78 is 29.0. The summed E-state index contributed by atoms with van der Waals surface area (Å²) in [5.41, 5.74) is 0. The smallest absolute Gasteiger partial charge is 0.105 e. The molecule has 0 N–H and O–H groups in total. The Morgan fingerprint density at radius 3 is 0.826 bits per heavy atom. The Morgan fingerprint density at radius 2 is 0.652 bits per heavy atom. The molecule has 0 rings (SSSR count). The van der Waals surface area contributed by atoms with Gasteiger partial charge in [-0.15, -0.1) is 0 Å². The molecule has 140 valence electrons. The second-order valence-electron chi connectivity index (χ2n) is 6.91. The molecule has 0 aliphatic carbocycles. The van der Waals surface area contributed by atoms with Crippen LogP contribution >= 0.6 is 0 Å². The molecule has 0 amide bonds. The van der Waals surface area contributed by atoms with Gasteiger partial charge < -0.3 is 23.7 Å². The average Bonchev–Trinajstić information content (AvgIpc) is 2.43. The number of rotatable bonds is 14. The Bertz CT molecular complexity index is 216. The van der Waals surface area contributed by atoms with Crippen molar-refractivity contribution >= 4 is 0 Å². The zero-order valence-corrected chi connectivity index (χ0v) is 16.3. The molecule has 0 aromatic carbocycles. The standard InChI is InChI=1S/C18H38O5/c1-13(2)19-9-17(10-20-14(3)4)23-18(11-21-15(5)6)12-22-16(7)8/h13-18H,9-12H2,1-8H3. The van der Waals surface area contributed by atoms with Crippen molar-refractivity contribution in [3.05, 3.63) is 0 Å². The molecular weight excluding hydrogens is 296 g/mol. The lowest BCUT2D eigenvalue weighted by Crippen LogP contribution is -2.37. The van der Waals surface area contributed by atoms with Crippen molar-refractivity contribution in [1.82, 2.24) is 0 Å². The monoisotopic (exact) mass is 334 g/mol. The summed E-state index contributed by atoms with van der Waals surface area (Å²) in [7, 11) is 0. The van der Waals surface area contributed by atoms with Crippen molar-refractivity contribution in [2.75, 3.05) is 26.4 Å². The zero-order valence-electron chi connectivity index (χ0n) is 16.3. The van der Waals surface area contributed by atoms with E-state index in [4.69, 9.17) is 23.7 Å². The van der Waals surface area contributed by atoms with Crippen molar-refractivity contribution in [3.63, 3.8) is 0 Å². The van der Waals surface area contributed by atoms with E-state index in [0.717, 1.165) is 0 Å². The third-order valence-electron chi connectivity index (χ3n) is 2.85. The van der Waals surface area contributed by atoms with E-state index in [0.29, 0.717) is 26.4 Å². The van der Waals surface area contributed by atoms with Crippen LogP contribution in [0.3, 0.4) is 0 Å². The molecule has 0 aliphatic heterocycles. The van der Waals surface area contributed by atoms with Gasteiger partial charge in [-0.1, -0.05) is 0 Å². The van der Waals surface area contributed by atoms with E-state index in [-0.39, 0.29) is 36.6 Å². The van der Waals surface area contributed by atoms with Gasteiger partial charge in [-0.3, -0.25) is 0 Å². The van der Waals surface area contributed by atoms with E-state index in [1.54, 1.807) is 0 Å². The molecule has 0 saturated heterocycles. The molecule has 23 heavy (non-hydrogen) atoms. The lowest BCUT2D eigenvalue weighted by Gasteiger charge is -2.27. The normalized spacial score (nSPS) is 12.8. The Kier molecular flexibility index (Phi) is 13.0. The van der Waals surface area contributed by atoms with Gasteiger partial charge in [0.15, 0.2) is 0 Å². The zero-order chi connectivity index (χ0) is 17.8. The summed E-state index contributed by atoms with van der Waals surface area (Å²) in [4.78, 5) is 0. The summed E-state index contributed by atoms with van der Waals surface area (Å²) >= 11 is 0. The fourth-order valence-corrected chi connectivity index (χ4v) is 1.72. The summed E-state index contributed by atoms with van der Waals surface area (Å²) in [5, 5.41) is 0. The molecular formula is C18H38O5. The van der Waals surface area contributed by atoms with Crippen LogP contribution in [0, 0.1) is 0 Å². The topological polar surface area (TPSA) is 46.2 Å². The van der Waals surface area contributed by atoms with E-state index in [9.17, 15) is 0 Å². The van der Waals surface area contributed by atoms with Crippen molar-refractivity contribution in [1.29, 1.82) is 0 Å². The largest absolute Gasteiger partial charge is 0.376 e. The Hall–Kier alpha value is -0.200. The van der Waals surface area contributed by atoms with Crippen LogP contribution in [0.15, 0.2) is 0 Å². The molecule has 5 nitrogen and oxygen atoms in total. The fraction of sp³-hybridized carbons (Fsp3) is 1.00. The minimum atomic E-state index is -0.128. The van der Waals surface area contributed by atoms with Crippen molar-refractivity contribution in [2.24, 2.45) is 0 Å². The van der Waals surface area contributed by atoms with Crippen LogP contribution in [0.4, 0.5) is 0 Å². The van der Waals surface area contributed by atoms with Gasteiger partial charge in [-0.2, -0.15) is 0 Å². The maximum atomic E-state index is 6.15. The molecule has 0 atom stereocenters. The molecule has 0 radical (unpaired) electrons. The van der Waals surface area contributed by atoms with Crippen molar-refractivity contribution in [3.8, 4) is 0 Å². The van der Waals surface area contributed by atoms with Gasteiger partial charge in [-0.05, 0) is 55.4 Å². The summed E-state index contributed by atoms with van der Waals surface area (Å²) in [6.45, 7) is 18.1. The second kappa shape index (κ2) is 13.1. The Morgan fingerprint density at radius 1 is 0.435 bits per heavy atom. The number of hydrogen-bond donors (Lipinski definition) is 0. The average molecular weight is 334 g/mol. The quantitative estimate of drug-likeness (QED) is 0.487. The number of hydrogen-bond acceptors (Lipinski definition) is 5. The third-order valence-corrected chi connectivity index (χ3v) is 2.85. The maximum Gasteiger partial charge on any atom is 0.105 e. The first-order chi connectivity index (χ1) is 10.7. The van der Waals surface area contributed by atoms with Gasteiger partial charge >= 0.3 is 0 Å². The summed E-state index contributed by atoms with van der Waals surface area (Å²) in [6, 6.07) is 0. The van der Waals surface area contributed by atoms with E-state index in [1.165, 1.54) is 0 Å². The highest BCUT2D eigenvalue weighted by molar-refractivity contribution is 4.65. The fourth-order valence-electron chi connectivity index (χ4n) is 1.72. The molecule has 0 aromatic heterocycles. The highest BCUT2D eigenvalue weighted by atomic mass is 16.6. The van der Waals surface area contributed by atoms with Crippen LogP contribution in [0.1, 0.15) is 55.4 Å². The van der Waals surface area contributed by atoms with Crippen LogP contribution in [0.2, 0.25) is 0 Å². The van der Waals surface area contributed by atoms with Gasteiger partial charge in [0, 0.05) is 0 Å². The predicted octanol–water partition coefficient (Wildman–Crippen LogP) is 3.44. The molecule has 5 heteroatoms. The summed E-state index contributed by atoms with van der Waals surface area (Å²) in [5.74, 6) is 0. The van der Waals surface area contributed by atoms with Gasteiger partial charge in [-0.25, -0.2) is 0 Å². The Labute approximate surface area is 143 Å². The molecule has 0 aromatic rings. The van der Waals surface area contributed by atoms with Gasteiger partial charge in [0.2, 0.25) is 0 Å². The van der Waals surface area contributed by atoms with Crippen molar-refractivity contribution < 1.29 is 23.7 Å². The van der Waals surface area contributed by atoms with E-state index in [1.807, 2.05) is 55.4 Å². The van der Waals surface area contributed by atoms with Crippen LogP contribution in [0.5, 0.6) is 0 Å².